The van der Waals surface area contributed by atoms with Gasteiger partial charge in [0, 0.05) is 12.2 Å². The number of rotatable bonds is 2. The summed E-state index contributed by atoms with van der Waals surface area (Å²) in [4.78, 5) is -0.321. The fourth-order valence-electron chi connectivity index (χ4n) is 1.62. The van der Waals surface area contributed by atoms with Crippen LogP contribution in [0.3, 0.4) is 0 Å². The van der Waals surface area contributed by atoms with Crippen LogP contribution in [0.1, 0.15) is 32.0 Å². The first-order valence-corrected chi connectivity index (χ1v) is 6.48. The van der Waals surface area contributed by atoms with Crippen molar-refractivity contribution in [3.63, 3.8) is 0 Å². The quantitative estimate of drug-likeness (QED) is 0.804. The predicted octanol–water partition coefficient (Wildman–Crippen LogP) is 1.78. The summed E-state index contributed by atoms with van der Waals surface area (Å²) in [7, 11) is -4.52. The third-order valence-electron chi connectivity index (χ3n) is 2.87. The standard InChI is InChI=1S/C9H12F2N2O2S/c1-3-6(2)13-5-8-7(12-13)4-9(10,11)16(8,14)15/h5-6H,3-4H2,1-2H3. The van der Waals surface area contributed by atoms with E-state index in [1.165, 1.54) is 10.9 Å². The van der Waals surface area contributed by atoms with Gasteiger partial charge in [0.1, 0.15) is 4.90 Å². The molecule has 1 aromatic heterocycles. The first-order valence-electron chi connectivity index (χ1n) is 5.00. The third-order valence-corrected chi connectivity index (χ3v) is 4.72. The largest absolute Gasteiger partial charge is 0.355 e. The molecule has 1 aliphatic heterocycles. The second kappa shape index (κ2) is 3.26. The van der Waals surface area contributed by atoms with Crippen molar-refractivity contribution in [2.75, 3.05) is 0 Å². The highest BCUT2D eigenvalue weighted by atomic mass is 32.2. The molecule has 4 nitrogen and oxygen atoms in total. The van der Waals surface area contributed by atoms with Crippen molar-refractivity contribution < 1.29 is 17.2 Å². The van der Waals surface area contributed by atoms with E-state index in [0.717, 1.165) is 6.42 Å². The molecular formula is C9H12F2N2O2S. The molecule has 0 N–H and O–H groups in total. The molecule has 7 heteroatoms. The third kappa shape index (κ3) is 1.37. The molecule has 0 radical (unpaired) electrons. The van der Waals surface area contributed by atoms with Crippen molar-refractivity contribution in [3.05, 3.63) is 11.9 Å². The van der Waals surface area contributed by atoms with Crippen molar-refractivity contribution in [1.29, 1.82) is 0 Å². The smallest absolute Gasteiger partial charge is 0.268 e. The number of alkyl halides is 2. The minimum atomic E-state index is -4.52. The highest BCUT2D eigenvalue weighted by Gasteiger charge is 2.54. The average molecular weight is 250 g/mol. The molecule has 0 aliphatic carbocycles. The summed E-state index contributed by atoms with van der Waals surface area (Å²) in [5, 5.41) is 0.215. The molecule has 1 aliphatic rings. The van der Waals surface area contributed by atoms with Crippen LogP contribution in [-0.4, -0.2) is 23.5 Å². The summed E-state index contributed by atoms with van der Waals surface area (Å²) in [5.41, 5.74) is -0.0229. The molecule has 0 amide bonds. The van der Waals surface area contributed by atoms with Gasteiger partial charge in [-0.1, -0.05) is 6.92 Å². The number of aromatic nitrogens is 2. The van der Waals surface area contributed by atoms with Gasteiger partial charge in [0.25, 0.3) is 0 Å². The summed E-state index contributed by atoms with van der Waals surface area (Å²) in [6.07, 6.45) is 1.16. The van der Waals surface area contributed by atoms with Gasteiger partial charge in [-0.15, -0.1) is 0 Å². The predicted molar refractivity (Wildman–Crippen MR) is 53.1 cm³/mol. The Kier molecular flexibility index (Phi) is 2.34. The molecule has 1 unspecified atom stereocenters. The summed E-state index contributed by atoms with van der Waals surface area (Å²) >= 11 is 0. The fraction of sp³-hybridized carbons (Fsp3) is 0.667. The van der Waals surface area contributed by atoms with Crippen LogP contribution in [-0.2, 0) is 16.3 Å². The van der Waals surface area contributed by atoms with Crippen molar-refractivity contribution in [3.8, 4) is 0 Å². The van der Waals surface area contributed by atoms with E-state index in [2.05, 4.69) is 5.10 Å². The Bertz CT molecular complexity index is 522. The SMILES string of the molecule is CCC(C)n1cc2c(n1)CC(F)(F)S2(=O)=O. The van der Waals surface area contributed by atoms with Crippen LogP contribution in [0, 0.1) is 0 Å². The Morgan fingerprint density at radius 3 is 2.75 bits per heavy atom. The van der Waals surface area contributed by atoms with Gasteiger partial charge in [-0.2, -0.15) is 13.9 Å². The van der Waals surface area contributed by atoms with Gasteiger partial charge < -0.3 is 0 Å². The summed E-state index contributed by atoms with van der Waals surface area (Å²) in [5.74, 6) is 0. The van der Waals surface area contributed by atoms with E-state index in [1.54, 1.807) is 0 Å². The highest BCUT2D eigenvalue weighted by Crippen LogP contribution is 2.41. The van der Waals surface area contributed by atoms with Gasteiger partial charge >= 0.3 is 5.25 Å². The Balaban J connectivity index is 2.50. The molecule has 0 spiro atoms. The first-order chi connectivity index (χ1) is 7.29. The van der Waals surface area contributed by atoms with Gasteiger partial charge in [-0.25, -0.2) is 8.42 Å². The van der Waals surface area contributed by atoms with Crippen molar-refractivity contribution in [1.82, 2.24) is 9.78 Å². The zero-order valence-electron chi connectivity index (χ0n) is 8.94. The number of nitrogens with zero attached hydrogens (tertiary/aromatic N) is 2. The van der Waals surface area contributed by atoms with Crippen molar-refractivity contribution in [2.45, 2.75) is 42.9 Å². The van der Waals surface area contributed by atoms with Crippen LogP contribution in [0.2, 0.25) is 0 Å². The lowest BCUT2D eigenvalue weighted by Gasteiger charge is -2.11. The van der Waals surface area contributed by atoms with Gasteiger partial charge in [-0.05, 0) is 13.3 Å². The van der Waals surface area contributed by atoms with Crippen LogP contribution >= 0.6 is 0 Å². The maximum absolute atomic E-state index is 13.1. The number of hydrogen-bond acceptors (Lipinski definition) is 3. The summed E-state index contributed by atoms with van der Waals surface area (Å²) in [6.45, 7) is 3.77. The summed E-state index contributed by atoms with van der Waals surface area (Å²) < 4.78 is 50.5. The Hall–Kier alpha value is -0.980. The van der Waals surface area contributed by atoms with Gasteiger partial charge in [-0.3, -0.25) is 4.68 Å². The second-order valence-electron chi connectivity index (χ2n) is 3.99. The number of fused-ring (bicyclic) bond motifs is 1. The molecule has 1 aromatic rings. The normalized spacial score (nSPS) is 23.0. The molecule has 1 atom stereocenters. The molecule has 2 rings (SSSR count). The maximum atomic E-state index is 13.1. The molecule has 2 heterocycles. The van der Waals surface area contributed by atoms with Gasteiger partial charge in [0.05, 0.1) is 12.1 Å². The van der Waals surface area contributed by atoms with E-state index < -0.39 is 21.5 Å². The fourth-order valence-corrected chi connectivity index (χ4v) is 2.94. The monoisotopic (exact) mass is 250 g/mol. The molecular weight excluding hydrogens is 238 g/mol. The van der Waals surface area contributed by atoms with Gasteiger partial charge in [0.15, 0.2) is 0 Å². The zero-order chi connectivity index (χ0) is 12.1. The van der Waals surface area contributed by atoms with E-state index in [9.17, 15) is 17.2 Å². The number of hydrogen-bond donors (Lipinski definition) is 0. The van der Waals surface area contributed by atoms with E-state index in [4.69, 9.17) is 0 Å². The number of sulfone groups is 1. The molecule has 0 aromatic carbocycles. The molecule has 0 saturated carbocycles. The van der Waals surface area contributed by atoms with Crippen molar-refractivity contribution >= 4 is 9.84 Å². The Labute approximate surface area is 92.2 Å². The van der Waals surface area contributed by atoms with E-state index in [0.29, 0.717) is 0 Å². The lowest BCUT2D eigenvalue weighted by atomic mass is 10.3. The lowest BCUT2D eigenvalue weighted by molar-refractivity contribution is 0.0968. The molecule has 0 fully saturated rings. The maximum Gasteiger partial charge on any atom is 0.355 e. The van der Waals surface area contributed by atoms with Gasteiger partial charge in [0.2, 0.25) is 9.84 Å². The van der Waals surface area contributed by atoms with E-state index >= 15 is 0 Å². The summed E-state index contributed by atoms with van der Waals surface area (Å²) in [6, 6.07) is 0.00872. The minimum Gasteiger partial charge on any atom is -0.268 e. The number of halogens is 2. The van der Waals surface area contributed by atoms with E-state index in [1.807, 2.05) is 13.8 Å². The second-order valence-corrected chi connectivity index (χ2v) is 6.04. The average Bonchev–Trinajstić information content (AvgIpc) is 2.65. The Morgan fingerprint density at radius 1 is 1.62 bits per heavy atom. The lowest BCUT2D eigenvalue weighted by Crippen LogP contribution is -2.25. The molecule has 90 valence electrons. The van der Waals surface area contributed by atoms with Crippen LogP contribution in [0.15, 0.2) is 11.1 Å². The first kappa shape index (κ1) is 11.5. The Morgan fingerprint density at radius 2 is 2.25 bits per heavy atom. The van der Waals surface area contributed by atoms with Crippen LogP contribution < -0.4 is 0 Å². The topological polar surface area (TPSA) is 52.0 Å². The molecule has 0 saturated heterocycles. The molecule has 16 heavy (non-hydrogen) atoms. The van der Waals surface area contributed by atoms with Crippen molar-refractivity contribution in [2.24, 2.45) is 0 Å². The van der Waals surface area contributed by atoms with Crippen LogP contribution in [0.4, 0.5) is 8.78 Å². The zero-order valence-corrected chi connectivity index (χ0v) is 9.76. The van der Waals surface area contributed by atoms with Crippen LogP contribution in [0.25, 0.3) is 0 Å². The van der Waals surface area contributed by atoms with Crippen LogP contribution in [0.5, 0.6) is 0 Å². The highest BCUT2D eigenvalue weighted by molar-refractivity contribution is 7.92. The van der Waals surface area contributed by atoms with E-state index in [-0.39, 0.29) is 16.6 Å². The molecule has 0 bridgehead atoms. The minimum absolute atomic E-state index is 0.00872.